The number of nitrogens with zero attached hydrogens (tertiary/aromatic N) is 1. The van der Waals surface area contributed by atoms with Gasteiger partial charge in [0, 0.05) is 25.4 Å². The lowest BCUT2D eigenvalue weighted by Gasteiger charge is -2.06. The van der Waals surface area contributed by atoms with Gasteiger partial charge in [0.25, 0.3) is 0 Å². The maximum absolute atomic E-state index is 13.0. The van der Waals surface area contributed by atoms with Crippen molar-refractivity contribution >= 4 is 5.69 Å². The van der Waals surface area contributed by atoms with Gasteiger partial charge in [0.15, 0.2) is 0 Å². The van der Waals surface area contributed by atoms with Crippen molar-refractivity contribution in [3.8, 4) is 6.07 Å². The Kier molecular flexibility index (Phi) is 5.30. The summed E-state index contributed by atoms with van der Waals surface area (Å²) in [6.07, 6.45) is 0.853. The molecule has 86 valence electrons. The molecular formula is C12H15FN2O. The smallest absolute Gasteiger partial charge is 0.126 e. The first kappa shape index (κ1) is 12.5. The molecule has 0 saturated heterocycles. The van der Waals surface area contributed by atoms with E-state index >= 15 is 0 Å². The number of hydrogen-bond donors (Lipinski definition) is 1. The average Bonchev–Trinajstić information content (AvgIpc) is 2.28. The molecule has 16 heavy (non-hydrogen) atoms. The van der Waals surface area contributed by atoms with Gasteiger partial charge < -0.3 is 10.1 Å². The summed E-state index contributed by atoms with van der Waals surface area (Å²) in [7, 11) is 0. The highest BCUT2D eigenvalue weighted by Crippen LogP contribution is 2.13. The summed E-state index contributed by atoms with van der Waals surface area (Å²) in [6, 6.07) is 6.13. The molecule has 0 bridgehead atoms. The fraction of sp³-hybridized carbons (Fsp3) is 0.417. The SMILES string of the molecule is CCOCCCNc1cc(F)cc(C#N)c1. The molecule has 1 aromatic carbocycles. The predicted octanol–water partition coefficient (Wildman–Crippen LogP) is 2.54. The molecule has 0 saturated carbocycles. The standard InChI is InChI=1S/C12H15FN2O/c1-2-16-5-3-4-15-12-7-10(9-14)6-11(13)8-12/h6-8,15H,2-5H2,1H3. The number of rotatable bonds is 6. The zero-order valence-corrected chi connectivity index (χ0v) is 9.29. The van der Waals surface area contributed by atoms with Gasteiger partial charge in [0.2, 0.25) is 0 Å². The van der Waals surface area contributed by atoms with E-state index in [0.717, 1.165) is 6.42 Å². The quantitative estimate of drug-likeness (QED) is 0.752. The van der Waals surface area contributed by atoms with E-state index in [1.807, 2.05) is 13.0 Å². The number of nitriles is 1. The topological polar surface area (TPSA) is 45.0 Å². The van der Waals surface area contributed by atoms with Gasteiger partial charge in [-0.3, -0.25) is 0 Å². The molecule has 0 unspecified atom stereocenters. The normalized spacial score (nSPS) is 9.81. The van der Waals surface area contributed by atoms with Gasteiger partial charge in [-0.25, -0.2) is 4.39 Å². The second kappa shape index (κ2) is 6.81. The van der Waals surface area contributed by atoms with Crippen LogP contribution in [-0.2, 0) is 4.74 Å². The molecule has 1 rings (SSSR count). The van der Waals surface area contributed by atoms with Crippen LogP contribution in [-0.4, -0.2) is 19.8 Å². The molecular weight excluding hydrogens is 207 g/mol. The highest BCUT2D eigenvalue weighted by atomic mass is 19.1. The van der Waals surface area contributed by atoms with E-state index in [9.17, 15) is 4.39 Å². The highest BCUT2D eigenvalue weighted by Gasteiger charge is 1.99. The van der Waals surface area contributed by atoms with Gasteiger partial charge >= 0.3 is 0 Å². The van der Waals surface area contributed by atoms with Crippen LogP contribution in [0.4, 0.5) is 10.1 Å². The van der Waals surface area contributed by atoms with Crippen molar-refractivity contribution in [1.82, 2.24) is 0 Å². The molecule has 0 aromatic heterocycles. The van der Waals surface area contributed by atoms with E-state index < -0.39 is 5.82 Å². The predicted molar refractivity (Wildman–Crippen MR) is 60.7 cm³/mol. The maximum atomic E-state index is 13.0. The van der Waals surface area contributed by atoms with E-state index in [-0.39, 0.29) is 0 Å². The first-order chi connectivity index (χ1) is 7.76. The Hall–Kier alpha value is -1.60. The fourth-order valence-electron chi connectivity index (χ4n) is 1.31. The second-order valence-corrected chi connectivity index (χ2v) is 3.32. The fourth-order valence-corrected chi connectivity index (χ4v) is 1.31. The van der Waals surface area contributed by atoms with Crippen LogP contribution in [0.25, 0.3) is 0 Å². The third-order valence-electron chi connectivity index (χ3n) is 2.03. The highest BCUT2D eigenvalue weighted by molar-refractivity contribution is 5.49. The largest absolute Gasteiger partial charge is 0.385 e. The number of halogens is 1. The Morgan fingerprint density at radius 2 is 2.25 bits per heavy atom. The number of benzene rings is 1. The van der Waals surface area contributed by atoms with Crippen LogP contribution in [0.15, 0.2) is 18.2 Å². The van der Waals surface area contributed by atoms with E-state index in [1.165, 1.54) is 12.1 Å². The third-order valence-corrected chi connectivity index (χ3v) is 2.03. The number of nitrogens with one attached hydrogen (secondary N) is 1. The molecule has 3 nitrogen and oxygen atoms in total. The monoisotopic (exact) mass is 222 g/mol. The lowest BCUT2D eigenvalue weighted by atomic mass is 10.2. The molecule has 0 aliphatic rings. The molecule has 1 aromatic rings. The molecule has 0 atom stereocenters. The van der Waals surface area contributed by atoms with Crippen LogP contribution in [0.2, 0.25) is 0 Å². The van der Waals surface area contributed by atoms with Gasteiger partial charge in [0.1, 0.15) is 5.82 Å². The Bertz CT molecular complexity index is 374. The summed E-state index contributed by atoms with van der Waals surface area (Å²) in [4.78, 5) is 0. The Morgan fingerprint density at radius 1 is 1.44 bits per heavy atom. The Labute approximate surface area is 94.8 Å². The van der Waals surface area contributed by atoms with Gasteiger partial charge in [-0.1, -0.05) is 0 Å². The van der Waals surface area contributed by atoms with Crippen LogP contribution >= 0.6 is 0 Å². The number of anilines is 1. The van der Waals surface area contributed by atoms with Crippen molar-refractivity contribution in [1.29, 1.82) is 5.26 Å². The van der Waals surface area contributed by atoms with Crippen molar-refractivity contribution in [2.45, 2.75) is 13.3 Å². The van der Waals surface area contributed by atoms with Gasteiger partial charge in [-0.2, -0.15) is 5.26 Å². The summed E-state index contributed by atoms with van der Waals surface area (Å²) in [5.41, 5.74) is 0.959. The second-order valence-electron chi connectivity index (χ2n) is 3.32. The van der Waals surface area contributed by atoms with Crippen molar-refractivity contribution in [3.05, 3.63) is 29.6 Å². The van der Waals surface area contributed by atoms with Gasteiger partial charge in [0.05, 0.1) is 11.6 Å². The van der Waals surface area contributed by atoms with Crippen molar-refractivity contribution in [2.24, 2.45) is 0 Å². The van der Waals surface area contributed by atoms with Crippen LogP contribution in [0, 0.1) is 17.1 Å². The minimum atomic E-state index is -0.397. The van der Waals surface area contributed by atoms with E-state index in [2.05, 4.69) is 5.32 Å². The number of ether oxygens (including phenoxy) is 1. The zero-order valence-electron chi connectivity index (χ0n) is 9.29. The maximum Gasteiger partial charge on any atom is 0.126 e. The van der Waals surface area contributed by atoms with Crippen molar-refractivity contribution in [2.75, 3.05) is 25.1 Å². The van der Waals surface area contributed by atoms with Crippen molar-refractivity contribution in [3.63, 3.8) is 0 Å². The lowest BCUT2D eigenvalue weighted by Crippen LogP contribution is -2.06. The molecule has 4 heteroatoms. The minimum Gasteiger partial charge on any atom is -0.385 e. The van der Waals surface area contributed by atoms with Crippen LogP contribution in [0.3, 0.4) is 0 Å². The molecule has 0 heterocycles. The van der Waals surface area contributed by atoms with Gasteiger partial charge in [-0.15, -0.1) is 0 Å². The van der Waals surface area contributed by atoms with Crippen molar-refractivity contribution < 1.29 is 9.13 Å². The molecule has 0 radical (unpaired) electrons. The minimum absolute atomic E-state index is 0.326. The van der Waals surface area contributed by atoms with Gasteiger partial charge in [-0.05, 0) is 31.5 Å². The Morgan fingerprint density at radius 3 is 2.94 bits per heavy atom. The van der Waals surface area contributed by atoms with Crippen LogP contribution in [0.1, 0.15) is 18.9 Å². The summed E-state index contributed by atoms with van der Waals surface area (Å²) in [6.45, 7) is 4.04. The average molecular weight is 222 g/mol. The van der Waals surface area contributed by atoms with E-state index in [0.29, 0.717) is 31.0 Å². The molecule has 0 spiro atoms. The molecule has 0 aliphatic heterocycles. The lowest BCUT2D eigenvalue weighted by molar-refractivity contribution is 0.147. The van der Waals surface area contributed by atoms with Crippen LogP contribution < -0.4 is 5.32 Å². The summed E-state index contributed by atoms with van der Waals surface area (Å²) >= 11 is 0. The molecule has 0 aliphatic carbocycles. The van der Waals surface area contributed by atoms with Crippen LogP contribution in [0.5, 0.6) is 0 Å². The third kappa shape index (κ3) is 4.28. The van der Waals surface area contributed by atoms with E-state index in [1.54, 1.807) is 6.07 Å². The summed E-state index contributed by atoms with van der Waals surface area (Å²) in [5, 5.41) is 11.7. The summed E-state index contributed by atoms with van der Waals surface area (Å²) in [5.74, 6) is -0.397. The van der Waals surface area contributed by atoms with E-state index in [4.69, 9.17) is 10.00 Å². The molecule has 0 fully saturated rings. The summed E-state index contributed by atoms with van der Waals surface area (Å²) < 4.78 is 18.2. The first-order valence-electron chi connectivity index (χ1n) is 5.28. The molecule has 0 amide bonds. The first-order valence-corrected chi connectivity index (χ1v) is 5.28. The Balaban J connectivity index is 2.42. The number of hydrogen-bond acceptors (Lipinski definition) is 3. The molecule has 1 N–H and O–H groups in total. The zero-order chi connectivity index (χ0) is 11.8.